The number of carbonyl (C=O) groups is 1. The van der Waals surface area contributed by atoms with E-state index >= 15 is 0 Å². The van der Waals surface area contributed by atoms with Crippen LogP contribution in [0.4, 0.5) is 0 Å². The Morgan fingerprint density at radius 1 is 1.43 bits per heavy atom. The molecule has 3 nitrogen and oxygen atoms in total. The summed E-state index contributed by atoms with van der Waals surface area (Å²) in [6.07, 6.45) is 2.02. The fourth-order valence-electron chi connectivity index (χ4n) is 2.78. The van der Waals surface area contributed by atoms with Gasteiger partial charge in [0.1, 0.15) is 0 Å². The summed E-state index contributed by atoms with van der Waals surface area (Å²) in [4.78, 5) is 14.7. The average Bonchev–Trinajstić information content (AvgIpc) is 2.46. The maximum Gasteiger partial charge on any atom is 0.230 e. The van der Waals surface area contributed by atoms with Crippen LogP contribution in [0.2, 0.25) is 5.02 Å². The Kier molecular flexibility index (Phi) is 6.98. The lowest BCUT2D eigenvalue weighted by molar-refractivity contribution is -0.142. The molecule has 0 spiro atoms. The first-order chi connectivity index (χ1) is 9.57. The van der Waals surface area contributed by atoms with E-state index in [0.717, 1.165) is 36.5 Å². The SMILES string of the molecule is CCN(Cc1ccccc1Cl)C(=O)C1(C)CCCNC1.Cl. The Bertz CT molecular complexity index is 473. The number of amides is 1. The lowest BCUT2D eigenvalue weighted by atomic mass is 9.81. The standard InChI is InChI=1S/C16H23ClN2O.ClH/c1-3-19(11-13-7-4-5-8-14(13)17)15(20)16(2)9-6-10-18-12-16;/h4-5,7-8,18H,3,6,9-12H2,1-2H3;1H. The highest BCUT2D eigenvalue weighted by Gasteiger charge is 2.37. The molecule has 0 aromatic heterocycles. The molecule has 1 aliphatic heterocycles. The molecule has 1 aromatic rings. The van der Waals surface area contributed by atoms with Crippen molar-refractivity contribution >= 4 is 29.9 Å². The molecular formula is C16H24Cl2N2O. The van der Waals surface area contributed by atoms with Crippen LogP contribution in [0.5, 0.6) is 0 Å². The summed E-state index contributed by atoms with van der Waals surface area (Å²) in [6.45, 7) is 7.17. The fourth-order valence-corrected chi connectivity index (χ4v) is 2.98. The van der Waals surface area contributed by atoms with E-state index in [1.165, 1.54) is 0 Å². The first kappa shape index (κ1) is 18.3. The van der Waals surface area contributed by atoms with Gasteiger partial charge in [-0.15, -0.1) is 12.4 Å². The Balaban J connectivity index is 0.00000220. The number of hydrogen-bond acceptors (Lipinski definition) is 2. The van der Waals surface area contributed by atoms with E-state index in [-0.39, 0.29) is 23.7 Å². The fraction of sp³-hybridized carbons (Fsp3) is 0.562. The van der Waals surface area contributed by atoms with Crippen LogP contribution in [-0.4, -0.2) is 30.4 Å². The van der Waals surface area contributed by atoms with Crippen molar-refractivity contribution in [3.8, 4) is 0 Å². The highest BCUT2D eigenvalue weighted by Crippen LogP contribution is 2.29. The van der Waals surface area contributed by atoms with Crippen molar-refractivity contribution in [3.63, 3.8) is 0 Å². The van der Waals surface area contributed by atoms with Gasteiger partial charge in [0.15, 0.2) is 0 Å². The Hall–Kier alpha value is -0.770. The van der Waals surface area contributed by atoms with E-state index in [9.17, 15) is 4.79 Å². The van der Waals surface area contributed by atoms with Gasteiger partial charge in [0.05, 0.1) is 5.41 Å². The number of halogens is 2. The van der Waals surface area contributed by atoms with Gasteiger partial charge in [-0.25, -0.2) is 0 Å². The largest absolute Gasteiger partial charge is 0.338 e. The van der Waals surface area contributed by atoms with E-state index in [2.05, 4.69) is 12.2 Å². The molecule has 1 aliphatic rings. The molecule has 1 unspecified atom stereocenters. The molecule has 1 N–H and O–H groups in total. The molecule has 0 radical (unpaired) electrons. The third kappa shape index (κ3) is 4.35. The molecule has 0 aliphatic carbocycles. The minimum atomic E-state index is -0.282. The van der Waals surface area contributed by atoms with Crippen LogP contribution in [0, 0.1) is 5.41 Å². The van der Waals surface area contributed by atoms with Crippen molar-refractivity contribution in [1.82, 2.24) is 10.2 Å². The van der Waals surface area contributed by atoms with Crippen molar-refractivity contribution in [2.75, 3.05) is 19.6 Å². The van der Waals surface area contributed by atoms with Gasteiger partial charge < -0.3 is 10.2 Å². The predicted molar refractivity (Wildman–Crippen MR) is 90.0 cm³/mol. The van der Waals surface area contributed by atoms with Crippen molar-refractivity contribution < 1.29 is 4.79 Å². The van der Waals surface area contributed by atoms with Crippen LogP contribution in [-0.2, 0) is 11.3 Å². The third-order valence-electron chi connectivity index (χ3n) is 4.10. The van der Waals surface area contributed by atoms with Gasteiger partial charge in [0.25, 0.3) is 0 Å². The van der Waals surface area contributed by atoms with E-state index in [0.29, 0.717) is 13.1 Å². The lowest BCUT2D eigenvalue weighted by Gasteiger charge is -2.37. The molecule has 1 atom stereocenters. The van der Waals surface area contributed by atoms with Gasteiger partial charge in [0.2, 0.25) is 5.91 Å². The van der Waals surface area contributed by atoms with E-state index < -0.39 is 0 Å². The van der Waals surface area contributed by atoms with Crippen molar-refractivity contribution in [2.24, 2.45) is 5.41 Å². The number of nitrogens with one attached hydrogen (secondary N) is 1. The lowest BCUT2D eigenvalue weighted by Crippen LogP contribution is -2.50. The van der Waals surface area contributed by atoms with Crippen molar-refractivity contribution in [3.05, 3.63) is 34.9 Å². The van der Waals surface area contributed by atoms with Crippen LogP contribution in [0.3, 0.4) is 0 Å². The Morgan fingerprint density at radius 2 is 2.14 bits per heavy atom. The van der Waals surface area contributed by atoms with Gasteiger partial charge in [0, 0.05) is 24.7 Å². The van der Waals surface area contributed by atoms with E-state index in [1.807, 2.05) is 36.1 Å². The highest BCUT2D eigenvalue weighted by molar-refractivity contribution is 6.31. The van der Waals surface area contributed by atoms with Gasteiger partial charge in [-0.2, -0.15) is 0 Å². The number of rotatable bonds is 4. The summed E-state index contributed by atoms with van der Waals surface area (Å²) in [5, 5.41) is 4.06. The highest BCUT2D eigenvalue weighted by atomic mass is 35.5. The topological polar surface area (TPSA) is 32.3 Å². The summed E-state index contributed by atoms with van der Waals surface area (Å²) in [6, 6.07) is 7.73. The normalized spacial score (nSPS) is 21.5. The molecule has 1 aromatic carbocycles. The van der Waals surface area contributed by atoms with Crippen LogP contribution in [0.15, 0.2) is 24.3 Å². The molecule has 5 heteroatoms. The second kappa shape index (κ2) is 8.02. The zero-order valence-corrected chi connectivity index (χ0v) is 14.3. The molecule has 1 saturated heterocycles. The molecule has 1 fully saturated rings. The number of carbonyl (C=O) groups excluding carboxylic acids is 1. The smallest absolute Gasteiger partial charge is 0.230 e. The first-order valence-corrected chi connectivity index (χ1v) is 7.68. The van der Waals surface area contributed by atoms with Crippen LogP contribution >= 0.6 is 24.0 Å². The van der Waals surface area contributed by atoms with Crippen LogP contribution < -0.4 is 5.32 Å². The molecular weight excluding hydrogens is 307 g/mol. The number of nitrogens with zero attached hydrogens (tertiary/aromatic N) is 1. The molecule has 118 valence electrons. The quantitative estimate of drug-likeness (QED) is 0.916. The number of hydrogen-bond donors (Lipinski definition) is 1. The maximum atomic E-state index is 12.8. The molecule has 1 amide bonds. The van der Waals surface area contributed by atoms with Crippen LogP contribution in [0.25, 0.3) is 0 Å². The zero-order chi connectivity index (χ0) is 14.6. The molecule has 0 bridgehead atoms. The van der Waals surface area contributed by atoms with Gasteiger partial charge >= 0.3 is 0 Å². The monoisotopic (exact) mass is 330 g/mol. The summed E-state index contributed by atoms with van der Waals surface area (Å²) >= 11 is 6.20. The van der Waals surface area contributed by atoms with E-state index in [4.69, 9.17) is 11.6 Å². The first-order valence-electron chi connectivity index (χ1n) is 7.30. The van der Waals surface area contributed by atoms with Gasteiger partial charge in [-0.1, -0.05) is 29.8 Å². The summed E-state index contributed by atoms with van der Waals surface area (Å²) in [5.74, 6) is 0.229. The summed E-state index contributed by atoms with van der Waals surface area (Å²) < 4.78 is 0. The average molecular weight is 331 g/mol. The number of piperidine rings is 1. The molecule has 21 heavy (non-hydrogen) atoms. The second-order valence-corrected chi connectivity index (χ2v) is 6.16. The van der Waals surface area contributed by atoms with Gasteiger partial charge in [-0.3, -0.25) is 4.79 Å². The Labute approximate surface area is 138 Å². The summed E-state index contributed by atoms with van der Waals surface area (Å²) in [7, 11) is 0. The molecule has 1 heterocycles. The van der Waals surface area contributed by atoms with Crippen molar-refractivity contribution in [2.45, 2.75) is 33.2 Å². The molecule has 2 rings (SSSR count). The predicted octanol–water partition coefficient (Wildman–Crippen LogP) is 3.50. The minimum Gasteiger partial charge on any atom is -0.338 e. The van der Waals surface area contributed by atoms with E-state index in [1.54, 1.807) is 0 Å². The second-order valence-electron chi connectivity index (χ2n) is 5.75. The summed E-state index contributed by atoms with van der Waals surface area (Å²) in [5.41, 5.74) is 0.729. The maximum absolute atomic E-state index is 12.8. The Morgan fingerprint density at radius 3 is 2.71 bits per heavy atom. The molecule has 0 saturated carbocycles. The van der Waals surface area contributed by atoms with Crippen LogP contribution in [0.1, 0.15) is 32.3 Å². The minimum absolute atomic E-state index is 0. The third-order valence-corrected chi connectivity index (χ3v) is 4.47. The number of benzene rings is 1. The van der Waals surface area contributed by atoms with Gasteiger partial charge in [-0.05, 0) is 44.9 Å². The van der Waals surface area contributed by atoms with Crippen molar-refractivity contribution in [1.29, 1.82) is 0 Å². The zero-order valence-electron chi connectivity index (χ0n) is 12.7.